The van der Waals surface area contributed by atoms with Crippen molar-refractivity contribution in [1.82, 2.24) is 25.1 Å². The van der Waals surface area contributed by atoms with Gasteiger partial charge in [0.25, 0.3) is 0 Å². The maximum absolute atomic E-state index is 12.1. The average Bonchev–Trinajstić information content (AvgIpc) is 2.74. The lowest BCUT2D eigenvalue weighted by Crippen LogP contribution is -2.46. The number of H-pyrrole nitrogens is 1. The summed E-state index contributed by atoms with van der Waals surface area (Å²) in [7, 11) is 4.02. The standard InChI is InChI=1S/C13H23N5O/c1-9(17(3)4)7-14-13(19)18-6-5-11-12(8-18)16-10(2)15-11/h9H,5-8H2,1-4H3,(H,14,19)(H,15,16). The monoisotopic (exact) mass is 265 g/mol. The van der Waals surface area contributed by atoms with Gasteiger partial charge in [0.2, 0.25) is 0 Å². The number of imidazole rings is 1. The normalized spacial score (nSPS) is 16.4. The summed E-state index contributed by atoms with van der Waals surface area (Å²) < 4.78 is 0. The van der Waals surface area contributed by atoms with E-state index >= 15 is 0 Å². The van der Waals surface area contributed by atoms with Crippen LogP contribution in [0.15, 0.2) is 0 Å². The van der Waals surface area contributed by atoms with E-state index in [4.69, 9.17) is 0 Å². The number of hydrogen-bond donors (Lipinski definition) is 2. The molecule has 1 aromatic heterocycles. The summed E-state index contributed by atoms with van der Waals surface area (Å²) in [4.78, 5) is 23.7. The summed E-state index contributed by atoms with van der Waals surface area (Å²) in [6.07, 6.45) is 0.830. The number of aryl methyl sites for hydroxylation is 1. The summed E-state index contributed by atoms with van der Waals surface area (Å²) in [6, 6.07) is 0.338. The van der Waals surface area contributed by atoms with Crippen molar-refractivity contribution in [3.63, 3.8) is 0 Å². The largest absolute Gasteiger partial charge is 0.344 e. The summed E-state index contributed by atoms with van der Waals surface area (Å²) in [6.45, 7) is 6.06. The molecule has 0 radical (unpaired) electrons. The fourth-order valence-corrected chi connectivity index (χ4v) is 2.14. The molecule has 1 aliphatic rings. The summed E-state index contributed by atoms with van der Waals surface area (Å²) in [5.74, 6) is 0.925. The van der Waals surface area contributed by atoms with Crippen LogP contribution in [0.4, 0.5) is 4.79 Å². The lowest BCUT2D eigenvalue weighted by atomic mass is 10.1. The predicted molar refractivity (Wildman–Crippen MR) is 74.0 cm³/mol. The number of amides is 2. The van der Waals surface area contributed by atoms with Gasteiger partial charge in [0, 0.05) is 25.6 Å². The van der Waals surface area contributed by atoms with Gasteiger partial charge >= 0.3 is 6.03 Å². The highest BCUT2D eigenvalue weighted by Crippen LogP contribution is 2.16. The van der Waals surface area contributed by atoms with Gasteiger partial charge < -0.3 is 20.1 Å². The lowest BCUT2D eigenvalue weighted by molar-refractivity contribution is 0.187. The van der Waals surface area contributed by atoms with E-state index in [1.54, 1.807) is 0 Å². The molecule has 106 valence electrons. The molecule has 0 saturated carbocycles. The van der Waals surface area contributed by atoms with Gasteiger partial charge in [-0.1, -0.05) is 0 Å². The molecule has 0 spiro atoms. The number of carbonyl (C=O) groups is 1. The first-order valence-corrected chi connectivity index (χ1v) is 6.71. The number of urea groups is 1. The molecule has 2 amide bonds. The highest BCUT2D eigenvalue weighted by molar-refractivity contribution is 5.74. The number of aromatic amines is 1. The lowest BCUT2D eigenvalue weighted by Gasteiger charge is -2.28. The molecule has 0 bridgehead atoms. The molecule has 1 atom stereocenters. The van der Waals surface area contributed by atoms with Crippen LogP contribution in [-0.4, -0.2) is 59.0 Å². The van der Waals surface area contributed by atoms with E-state index in [0.29, 0.717) is 19.1 Å². The van der Waals surface area contributed by atoms with Crippen molar-refractivity contribution in [2.45, 2.75) is 32.9 Å². The summed E-state index contributed by atoms with van der Waals surface area (Å²) in [5, 5.41) is 2.98. The minimum Gasteiger partial charge on any atom is -0.344 e. The number of nitrogens with zero attached hydrogens (tertiary/aromatic N) is 3. The van der Waals surface area contributed by atoms with Crippen LogP contribution in [-0.2, 0) is 13.0 Å². The van der Waals surface area contributed by atoms with E-state index in [0.717, 1.165) is 30.2 Å². The van der Waals surface area contributed by atoms with Gasteiger partial charge in [0.15, 0.2) is 0 Å². The Labute approximate surface area is 114 Å². The van der Waals surface area contributed by atoms with E-state index in [1.165, 1.54) is 0 Å². The second-order valence-corrected chi connectivity index (χ2v) is 5.42. The Kier molecular flexibility index (Phi) is 4.09. The molecule has 2 N–H and O–H groups in total. The summed E-state index contributed by atoms with van der Waals surface area (Å²) >= 11 is 0. The van der Waals surface area contributed by atoms with Crippen molar-refractivity contribution in [3.05, 3.63) is 17.2 Å². The molecule has 1 aromatic rings. The fourth-order valence-electron chi connectivity index (χ4n) is 2.14. The van der Waals surface area contributed by atoms with Crippen LogP contribution in [0.3, 0.4) is 0 Å². The molecule has 1 unspecified atom stereocenters. The van der Waals surface area contributed by atoms with E-state index in [2.05, 4.69) is 27.1 Å². The number of carbonyl (C=O) groups excluding carboxylic acids is 1. The Balaban J connectivity index is 1.88. The molecule has 0 fully saturated rings. The van der Waals surface area contributed by atoms with Gasteiger partial charge in [0.1, 0.15) is 5.82 Å². The molecule has 2 heterocycles. The fraction of sp³-hybridized carbons (Fsp3) is 0.692. The van der Waals surface area contributed by atoms with Crippen molar-refractivity contribution in [2.75, 3.05) is 27.2 Å². The zero-order valence-corrected chi connectivity index (χ0v) is 12.2. The van der Waals surface area contributed by atoms with Crippen molar-refractivity contribution in [1.29, 1.82) is 0 Å². The average molecular weight is 265 g/mol. The van der Waals surface area contributed by atoms with Gasteiger partial charge in [-0.25, -0.2) is 9.78 Å². The van der Waals surface area contributed by atoms with Crippen LogP contribution >= 0.6 is 0 Å². The van der Waals surface area contributed by atoms with Crippen molar-refractivity contribution < 1.29 is 4.79 Å². The zero-order chi connectivity index (χ0) is 14.0. The Morgan fingerprint density at radius 1 is 1.58 bits per heavy atom. The predicted octanol–water partition coefficient (Wildman–Crippen LogP) is 0.736. The third kappa shape index (κ3) is 3.26. The number of rotatable bonds is 3. The van der Waals surface area contributed by atoms with Gasteiger partial charge in [-0.2, -0.15) is 0 Å². The van der Waals surface area contributed by atoms with Gasteiger partial charge in [-0.3, -0.25) is 0 Å². The minimum absolute atomic E-state index is 0.00611. The molecule has 2 rings (SSSR count). The van der Waals surface area contributed by atoms with Crippen LogP contribution in [0, 0.1) is 6.92 Å². The van der Waals surface area contributed by atoms with Crippen LogP contribution in [0.1, 0.15) is 24.1 Å². The maximum atomic E-state index is 12.1. The molecule has 6 heteroatoms. The second-order valence-electron chi connectivity index (χ2n) is 5.42. The quantitative estimate of drug-likeness (QED) is 0.847. The highest BCUT2D eigenvalue weighted by atomic mass is 16.2. The van der Waals surface area contributed by atoms with E-state index in [9.17, 15) is 4.79 Å². The first-order valence-electron chi connectivity index (χ1n) is 6.71. The van der Waals surface area contributed by atoms with Gasteiger partial charge in [0.05, 0.1) is 17.9 Å². The van der Waals surface area contributed by atoms with E-state index < -0.39 is 0 Å². The Morgan fingerprint density at radius 3 is 3.00 bits per heavy atom. The maximum Gasteiger partial charge on any atom is 0.317 e. The van der Waals surface area contributed by atoms with Crippen LogP contribution in [0.25, 0.3) is 0 Å². The smallest absolute Gasteiger partial charge is 0.317 e. The number of nitrogens with one attached hydrogen (secondary N) is 2. The van der Waals surface area contributed by atoms with E-state index in [-0.39, 0.29) is 6.03 Å². The van der Waals surface area contributed by atoms with Crippen molar-refractivity contribution in [3.8, 4) is 0 Å². The molecular formula is C13H23N5O. The molecule has 0 aromatic carbocycles. The first kappa shape index (κ1) is 13.9. The molecular weight excluding hydrogens is 242 g/mol. The number of likely N-dealkylation sites (N-methyl/N-ethyl adjacent to an activating group) is 1. The molecule has 1 aliphatic heterocycles. The van der Waals surface area contributed by atoms with Crippen LogP contribution < -0.4 is 5.32 Å². The zero-order valence-electron chi connectivity index (χ0n) is 12.2. The number of fused-ring (bicyclic) bond motifs is 1. The van der Waals surface area contributed by atoms with Crippen molar-refractivity contribution >= 4 is 6.03 Å². The molecule has 0 aliphatic carbocycles. The molecule has 19 heavy (non-hydrogen) atoms. The number of aromatic nitrogens is 2. The van der Waals surface area contributed by atoms with Gasteiger partial charge in [-0.05, 0) is 27.9 Å². The second kappa shape index (κ2) is 5.61. The van der Waals surface area contributed by atoms with Crippen molar-refractivity contribution in [2.24, 2.45) is 0 Å². The first-order chi connectivity index (χ1) is 8.97. The van der Waals surface area contributed by atoms with Gasteiger partial charge in [-0.15, -0.1) is 0 Å². The molecule has 0 saturated heterocycles. The van der Waals surface area contributed by atoms with Crippen LogP contribution in [0.5, 0.6) is 0 Å². The Hall–Kier alpha value is -1.56. The number of hydrogen-bond acceptors (Lipinski definition) is 3. The minimum atomic E-state index is 0.00611. The Morgan fingerprint density at radius 2 is 2.32 bits per heavy atom. The SMILES string of the molecule is Cc1nc2c([nH]1)CN(C(=O)NCC(C)N(C)C)CC2. The summed E-state index contributed by atoms with van der Waals surface area (Å²) in [5.41, 5.74) is 2.17. The third-order valence-corrected chi connectivity index (χ3v) is 3.67. The topological polar surface area (TPSA) is 64.3 Å². The Bertz CT molecular complexity index is 454. The van der Waals surface area contributed by atoms with Crippen LogP contribution in [0.2, 0.25) is 0 Å². The molecule has 6 nitrogen and oxygen atoms in total. The highest BCUT2D eigenvalue weighted by Gasteiger charge is 2.23. The van der Waals surface area contributed by atoms with E-state index in [1.807, 2.05) is 25.9 Å². The third-order valence-electron chi connectivity index (χ3n) is 3.67.